The maximum Gasteiger partial charge on any atom is 0.252 e. The van der Waals surface area contributed by atoms with E-state index in [4.69, 9.17) is 0 Å². The molecule has 2 amide bonds. The Labute approximate surface area is 159 Å². The lowest BCUT2D eigenvalue weighted by atomic mass is 9.97. The van der Waals surface area contributed by atoms with Gasteiger partial charge >= 0.3 is 0 Å². The van der Waals surface area contributed by atoms with Gasteiger partial charge in [-0.1, -0.05) is 48.0 Å². The lowest BCUT2D eigenvalue weighted by Gasteiger charge is -2.15. The average molecular weight is 364 g/mol. The van der Waals surface area contributed by atoms with Crippen LogP contribution in [-0.2, 0) is 4.79 Å². The SMILES string of the molecule is Cc1ccc(C(=O)c2ccccc2C(=O)NCCC(=O)N2CCCC2)cc1. The highest BCUT2D eigenvalue weighted by Gasteiger charge is 2.20. The van der Waals surface area contributed by atoms with Crippen LogP contribution >= 0.6 is 0 Å². The molecule has 1 aliphatic heterocycles. The van der Waals surface area contributed by atoms with E-state index >= 15 is 0 Å². The molecule has 2 aromatic rings. The standard InChI is InChI=1S/C22H24N2O3/c1-16-8-10-17(11-9-16)21(26)18-6-2-3-7-19(18)22(27)23-13-12-20(25)24-14-4-5-15-24/h2-3,6-11H,4-5,12-15H2,1H3,(H,23,27). The molecule has 0 saturated carbocycles. The van der Waals surface area contributed by atoms with Crippen molar-refractivity contribution in [3.8, 4) is 0 Å². The number of nitrogens with one attached hydrogen (secondary N) is 1. The van der Waals surface area contributed by atoms with Gasteiger partial charge in [-0.2, -0.15) is 0 Å². The predicted octanol–water partition coefficient (Wildman–Crippen LogP) is 2.97. The number of carbonyl (C=O) groups excluding carboxylic acids is 3. The second-order valence-electron chi connectivity index (χ2n) is 6.83. The summed E-state index contributed by atoms with van der Waals surface area (Å²) in [4.78, 5) is 39.3. The van der Waals surface area contributed by atoms with Crippen molar-refractivity contribution in [1.82, 2.24) is 10.2 Å². The van der Waals surface area contributed by atoms with Gasteiger partial charge in [-0.3, -0.25) is 14.4 Å². The number of hydrogen-bond acceptors (Lipinski definition) is 3. The monoisotopic (exact) mass is 364 g/mol. The number of hydrogen-bond donors (Lipinski definition) is 1. The number of aryl methyl sites for hydroxylation is 1. The average Bonchev–Trinajstić information content (AvgIpc) is 3.23. The van der Waals surface area contributed by atoms with Crippen LogP contribution in [0.5, 0.6) is 0 Å². The smallest absolute Gasteiger partial charge is 0.252 e. The molecule has 0 atom stereocenters. The third kappa shape index (κ3) is 4.61. The summed E-state index contributed by atoms with van der Waals surface area (Å²) in [6.07, 6.45) is 2.37. The minimum absolute atomic E-state index is 0.0665. The zero-order chi connectivity index (χ0) is 19.2. The van der Waals surface area contributed by atoms with Crippen molar-refractivity contribution in [1.29, 1.82) is 0 Å². The molecule has 0 unspecified atom stereocenters. The van der Waals surface area contributed by atoms with Gasteiger partial charge in [0.15, 0.2) is 5.78 Å². The Hall–Kier alpha value is -2.95. The van der Waals surface area contributed by atoms with Crippen molar-refractivity contribution in [3.63, 3.8) is 0 Å². The Bertz CT molecular complexity index is 837. The van der Waals surface area contributed by atoms with Crippen LogP contribution in [0.2, 0.25) is 0 Å². The molecule has 27 heavy (non-hydrogen) atoms. The van der Waals surface area contributed by atoms with Gasteiger partial charge in [0.25, 0.3) is 5.91 Å². The molecule has 3 rings (SSSR count). The summed E-state index contributed by atoms with van der Waals surface area (Å²) < 4.78 is 0. The zero-order valence-corrected chi connectivity index (χ0v) is 15.5. The molecule has 0 bridgehead atoms. The Kier molecular flexibility index (Phi) is 6.01. The first-order valence-corrected chi connectivity index (χ1v) is 9.32. The van der Waals surface area contributed by atoms with E-state index in [0.29, 0.717) is 16.7 Å². The fourth-order valence-electron chi connectivity index (χ4n) is 3.24. The largest absolute Gasteiger partial charge is 0.351 e. The lowest BCUT2D eigenvalue weighted by Crippen LogP contribution is -2.33. The molecule has 0 aromatic heterocycles. The van der Waals surface area contributed by atoms with E-state index in [-0.39, 0.29) is 30.6 Å². The maximum absolute atomic E-state index is 12.8. The summed E-state index contributed by atoms with van der Waals surface area (Å²) in [6, 6.07) is 14.1. The van der Waals surface area contributed by atoms with Crippen molar-refractivity contribution in [2.24, 2.45) is 0 Å². The van der Waals surface area contributed by atoms with E-state index in [1.165, 1.54) is 0 Å². The molecular weight excluding hydrogens is 340 g/mol. The molecule has 2 aromatic carbocycles. The van der Waals surface area contributed by atoms with Crippen LogP contribution in [0.1, 0.15) is 51.1 Å². The van der Waals surface area contributed by atoms with E-state index in [1.807, 2.05) is 24.0 Å². The van der Waals surface area contributed by atoms with Crippen molar-refractivity contribution in [3.05, 3.63) is 70.8 Å². The highest BCUT2D eigenvalue weighted by atomic mass is 16.2. The maximum atomic E-state index is 12.8. The Morgan fingerprint density at radius 2 is 1.56 bits per heavy atom. The van der Waals surface area contributed by atoms with E-state index in [2.05, 4.69) is 5.32 Å². The molecule has 0 radical (unpaired) electrons. The third-order valence-electron chi connectivity index (χ3n) is 4.81. The number of nitrogens with zero attached hydrogens (tertiary/aromatic N) is 1. The highest BCUT2D eigenvalue weighted by molar-refractivity contribution is 6.15. The van der Waals surface area contributed by atoms with Gasteiger partial charge in [0.05, 0.1) is 5.56 Å². The second-order valence-corrected chi connectivity index (χ2v) is 6.83. The molecule has 5 nitrogen and oxygen atoms in total. The number of ketones is 1. The normalized spacial score (nSPS) is 13.4. The van der Waals surface area contributed by atoms with Gasteiger partial charge < -0.3 is 10.2 Å². The van der Waals surface area contributed by atoms with Gasteiger partial charge in [0.1, 0.15) is 0 Å². The minimum Gasteiger partial charge on any atom is -0.351 e. The van der Waals surface area contributed by atoms with Gasteiger partial charge in [0, 0.05) is 37.2 Å². The van der Waals surface area contributed by atoms with E-state index in [1.54, 1.807) is 36.4 Å². The summed E-state index contributed by atoms with van der Waals surface area (Å²) >= 11 is 0. The summed E-state index contributed by atoms with van der Waals surface area (Å²) in [7, 11) is 0. The topological polar surface area (TPSA) is 66.5 Å². The molecule has 1 heterocycles. The van der Waals surface area contributed by atoms with Crippen LogP contribution in [0.3, 0.4) is 0 Å². The summed E-state index contributed by atoms with van der Waals surface area (Å²) in [5, 5.41) is 2.77. The molecule has 0 spiro atoms. The fraction of sp³-hybridized carbons (Fsp3) is 0.318. The van der Waals surface area contributed by atoms with Crippen LogP contribution < -0.4 is 5.32 Å². The molecule has 140 valence electrons. The Morgan fingerprint density at radius 3 is 2.22 bits per heavy atom. The second kappa shape index (κ2) is 8.62. The molecule has 1 saturated heterocycles. The molecule has 1 N–H and O–H groups in total. The van der Waals surface area contributed by atoms with Crippen LogP contribution in [0.15, 0.2) is 48.5 Å². The molecular formula is C22H24N2O3. The van der Waals surface area contributed by atoms with Crippen molar-refractivity contribution in [2.45, 2.75) is 26.2 Å². The first-order valence-electron chi connectivity index (χ1n) is 9.32. The van der Waals surface area contributed by atoms with Crippen LogP contribution in [0, 0.1) is 6.92 Å². The van der Waals surface area contributed by atoms with Crippen molar-refractivity contribution in [2.75, 3.05) is 19.6 Å². The van der Waals surface area contributed by atoms with Crippen LogP contribution in [0.25, 0.3) is 0 Å². The summed E-state index contributed by atoms with van der Waals surface area (Å²) in [6.45, 7) is 3.83. The quantitative estimate of drug-likeness (QED) is 0.802. The summed E-state index contributed by atoms with van der Waals surface area (Å²) in [5.41, 5.74) is 2.31. The van der Waals surface area contributed by atoms with Crippen molar-refractivity contribution >= 4 is 17.6 Å². The first kappa shape index (κ1) is 18.8. The van der Waals surface area contributed by atoms with E-state index < -0.39 is 0 Å². The number of amides is 2. The number of rotatable bonds is 6. The van der Waals surface area contributed by atoms with E-state index in [9.17, 15) is 14.4 Å². The van der Waals surface area contributed by atoms with Gasteiger partial charge in [-0.05, 0) is 25.8 Å². The molecule has 1 aliphatic rings. The number of likely N-dealkylation sites (tertiary alicyclic amines) is 1. The highest BCUT2D eigenvalue weighted by Crippen LogP contribution is 2.16. The van der Waals surface area contributed by atoms with Crippen molar-refractivity contribution < 1.29 is 14.4 Å². The van der Waals surface area contributed by atoms with Gasteiger partial charge in [-0.25, -0.2) is 0 Å². The van der Waals surface area contributed by atoms with Gasteiger partial charge in [-0.15, -0.1) is 0 Å². The van der Waals surface area contributed by atoms with Crippen LogP contribution in [0.4, 0.5) is 0 Å². The van der Waals surface area contributed by atoms with Crippen LogP contribution in [-0.4, -0.2) is 42.1 Å². The number of carbonyl (C=O) groups is 3. The number of benzene rings is 2. The lowest BCUT2D eigenvalue weighted by molar-refractivity contribution is -0.129. The first-order chi connectivity index (χ1) is 13.1. The Morgan fingerprint density at radius 1 is 0.926 bits per heavy atom. The summed E-state index contributed by atoms with van der Waals surface area (Å²) in [5.74, 6) is -0.453. The van der Waals surface area contributed by atoms with Gasteiger partial charge in [0.2, 0.25) is 5.91 Å². The minimum atomic E-state index is -0.333. The predicted molar refractivity (Wildman–Crippen MR) is 104 cm³/mol. The Balaban J connectivity index is 1.65. The van der Waals surface area contributed by atoms with E-state index in [0.717, 1.165) is 31.5 Å². The zero-order valence-electron chi connectivity index (χ0n) is 15.5. The molecule has 0 aliphatic carbocycles. The molecule has 5 heteroatoms. The fourth-order valence-corrected chi connectivity index (χ4v) is 3.24. The third-order valence-corrected chi connectivity index (χ3v) is 4.81. The molecule has 1 fully saturated rings.